The lowest BCUT2D eigenvalue weighted by molar-refractivity contribution is 0.206. The number of carbonyl (C=O) groups is 1. The van der Waals surface area contributed by atoms with E-state index in [1.54, 1.807) is 11.2 Å². The molecule has 7 heteroatoms. The topological polar surface area (TPSA) is 55.5 Å². The van der Waals surface area contributed by atoms with Crippen molar-refractivity contribution in [3.05, 3.63) is 78.4 Å². The Morgan fingerprint density at radius 1 is 1.11 bits per heavy atom. The summed E-state index contributed by atoms with van der Waals surface area (Å²) < 4.78 is 0. The van der Waals surface area contributed by atoms with Gasteiger partial charge in [0.1, 0.15) is 0 Å². The molecule has 0 saturated heterocycles. The Bertz CT molecular complexity index is 900. The molecule has 146 valence electrons. The molecule has 2 amide bonds. The molecule has 3 aromatic rings. The van der Waals surface area contributed by atoms with Crippen LogP contribution >= 0.6 is 12.4 Å². The van der Waals surface area contributed by atoms with Crippen LogP contribution in [0.25, 0.3) is 0 Å². The standard InChI is InChI=1S/C21H23N5O.ClH/c1-24(19-8-3-2-4-9-19)21(27)26-12-11-25(15-18-13-22-16-23-18)20-10-6-5-7-17(20)14-26;/h2-10,13,16H,11-12,14-15H2,1H3,(H,22,23);1H. The molecule has 0 spiro atoms. The number of urea groups is 1. The summed E-state index contributed by atoms with van der Waals surface area (Å²) in [6.45, 7) is 2.78. The number of aromatic nitrogens is 2. The number of aromatic amines is 1. The van der Waals surface area contributed by atoms with Crippen LogP contribution in [0.1, 0.15) is 11.3 Å². The number of hydrogen-bond acceptors (Lipinski definition) is 3. The fraction of sp³-hybridized carbons (Fsp3) is 0.238. The average molecular weight is 398 g/mol. The second kappa shape index (κ2) is 8.80. The van der Waals surface area contributed by atoms with Gasteiger partial charge < -0.3 is 14.8 Å². The Kier molecular flexibility index (Phi) is 6.21. The Morgan fingerprint density at radius 3 is 2.61 bits per heavy atom. The van der Waals surface area contributed by atoms with Crippen molar-refractivity contribution in [1.82, 2.24) is 14.9 Å². The molecule has 6 nitrogen and oxygen atoms in total. The molecule has 0 saturated carbocycles. The molecule has 0 aliphatic carbocycles. The molecule has 1 N–H and O–H groups in total. The third kappa shape index (κ3) is 4.12. The van der Waals surface area contributed by atoms with E-state index >= 15 is 0 Å². The van der Waals surface area contributed by atoms with Gasteiger partial charge in [-0.2, -0.15) is 0 Å². The van der Waals surface area contributed by atoms with E-state index in [4.69, 9.17) is 0 Å². The maximum absolute atomic E-state index is 13.1. The lowest BCUT2D eigenvalue weighted by Gasteiger charge is -2.27. The van der Waals surface area contributed by atoms with Crippen molar-refractivity contribution in [3.63, 3.8) is 0 Å². The molecule has 1 aliphatic rings. The van der Waals surface area contributed by atoms with Crippen LogP contribution in [0.4, 0.5) is 16.2 Å². The number of para-hydroxylation sites is 2. The Morgan fingerprint density at radius 2 is 1.86 bits per heavy atom. The molecule has 1 aromatic heterocycles. The normalized spacial score (nSPS) is 13.3. The second-order valence-corrected chi connectivity index (χ2v) is 6.73. The van der Waals surface area contributed by atoms with E-state index in [2.05, 4.69) is 27.0 Å². The summed E-state index contributed by atoms with van der Waals surface area (Å²) in [5.41, 5.74) is 4.29. The summed E-state index contributed by atoms with van der Waals surface area (Å²) in [4.78, 5) is 26.3. The van der Waals surface area contributed by atoms with Crippen LogP contribution in [-0.4, -0.2) is 41.0 Å². The molecule has 0 unspecified atom stereocenters. The molecule has 1 aliphatic heterocycles. The summed E-state index contributed by atoms with van der Waals surface area (Å²) in [7, 11) is 1.83. The predicted molar refractivity (Wildman–Crippen MR) is 114 cm³/mol. The van der Waals surface area contributed by atoms with E-state index in [0.717, 1.165) is 30.0 Å². The van der Waals surface area contributed by atoms with Crippen molar-refractivity contribution >= 4 is 29.8 Å². The fourth-order valence-corrected chi connectivity index (χ4v) is 3.48. The molecular formula is C21H24ClN5O. The van der Waals surface area contributed by atoms with E-state index in [9.17, 15) is 4.79 Å². The molecule has 0 atom stereocenters. The van der Waals surface area contributed by atoms with Crippen molar-refractivity contribution in [2.75, 3.05) is 29.9 Å². The number of fused-ring (bicyclic) bond motifs is 1. The number of halogens is 1. The van der Waals surface area contributed by atoms with Crippen LogP contribution in [0.3, 0.4) is 0 Å². The molecule has 28 heavy (non-hydrogen) atoms. The van der Waals surface area contributed by atoms with Gasteiger partial charge in [0.05, 0.1) is 18.6 Å². The number of benzene rings is 2. The number of H-pyrrole nitrogens is 1. The number of anilines is 2. The predicted octanol–water partition coefficient (Wildman–Crippen LogP) is 3.91. The van der Waals surface area contributed by atoms with Crippen molar-refractivity contribution in [2.45, 2.75) is 13.1 Å². The largest absolute Gasteiger partial charge is 0.364 e. The zero-order valence-electron chi connectivity index (χ0n) is 15.8. The van der Waals surface area contributed by atoms with Crippen LogP contribution in [0, 0.1) is 0 Å². The monoisotopic (exact) mass is 397 g/mol. The number of amides is 2. The van der Waals surface area contributed by atoms with Crippen molar-refractivity contribution < 1.29 is 4.79 Å². The first-order valence-electron chi connectivity index (χ1n) is 9.10. The van der Waals surface area contributed by atoms with Gasteiger partial charge >= 0.3 is 6.03 Å². The molecule has 0 bridgehead atoms. The number of hydrogen-bond donors (Lipinski definition) is 1. The Balaban J connectivity index is 0.00000225. The Labute approximate surface area is 171 Å². The second-order valence-electron chi connectivity index (χ2n) is 6.73. The number of nitrogens with zero attached hydrogens (tertiary/aromatic N) is 4. The molecule has 4 rings (SSSR count). The Hall–Kier alpha value is -2.99. The van der Waals surface area contributed by atoms with Crippen LogP contribution in [0.15, 0.2) is 67.1 Å². The van der Waals surface area contributed by atoms with Gasteiger partial charge in [-0.15, -0.1) is 12.4 Å². The third-order valence-corrected chi connectivity index (χ3v) is 4.95. The van der Waals surface area contributed by atoms with Crippen molar-refractivity contribution in [1.29, 1.82) is 0 Å². The minimum atomic E-state index is 0. The number of rotatable bonds is 3. The van der Waals surface area contributed by atoms with Crippen molar-refractivity contribution in [2.24, 2.45) is 0 Å². The summed E-state index contributed by atoms with van der Waals surface area (Å²) in [5.74, 6) is 0. The van der Waals surface area contributed by atoms with Crippen LogP contribution < -0.4 is 9.80 Å². The highest BCUT2D eigenvalue weighted by Gasteiger charge is 2.25. The lowest BCUT2D eigenvalue weighted by Crippen LogP contribution is -2.42. The summed E-state index contributed by atoms with van der Waals surface area (Å²) in [6.07, 6.45) is 3.54. The van der Waals surface area contributed by atoms with E-state index in [1.165, 1.54) is 5.69 Å². The maximum Gasteiger partial charge on any atom is 0.324 e. The first-order chi connectivity index (χ1) is 13.2. The minimum absolute atomic E-state index is 0. The molecule has 2 heterocycles. The van der Waals surface area contributed by atoms with E-state index in [1.807, 2.05) is 60.6 Å². The molecule has 0 fully saturated rings. The van der Waals surface area contributed by atoms with Gasteiger partial charge in [-0.1, -0.05) is 36.4 Å². The van der Waals surface area contributed by atoms with Gasteiger partial charge in [0.15, 0.2) is 0 Å². The maximum atomic E-state index is 13.1. The highest BCUT2D eigenvalue weighted by molar-refractivity contribution is 5.91. The number of imidazole rings is 1. The van der Waals surface area contributed by atoms with Crippen LogP contribution in [-0.2, 0) is 13.1 Å². The molecule has 2 aromatic carbocycles. The summed E-state index contributed by atoms with van der Waals surface area (Å²) in [5, 5.41) is 0. The fourth-order valence-electron chi connectivity index (χ4n) is 3.48. The lowest BCUT2D eigenvalue weighted by atomic mass is 10.1. The third-order valence-electron chi connectivity index (χ3n) is 4.95. The SMILES string of the molecule is CN(C(=O)N1CCN(Cc2cnc[nH]2)c2ccccc2C1)c1ccccc1.Cl. The van der Waals surface area contributed by atoms with Gasteiger partial charge in [-0.05, 0) is 23.8 Å². The van der Waals surface area contributed by atoms with Gasteiger partial charge in [0.25, 0.3) is 0 Å². The minimum Gasteiger partial charge on any atom is -0.364 e. The van der Waals surface area contributed by atoms with Crippen LogP contribution in [0.2, 0.25) is 0 Å². The van der Waals surface area contributed by atoms with Gasteiger partial charge in [0, 0.05) is 44.3 Å². The summed E-state index contributed by atoms with van der Waals surface area (Å²) in [6, 6.07) is 18.1. The van der Waals surface area contributed by atoms with Gasteiger partial charge in [-0.25, -0.2) is 9.78 Å². The van der Waals surface area contributed by atoms with E-state index in [-0.39, 0.29) is 18.4 Å². The average Bonchev–Trinajstić information content (AvgIpc) is 3.16. The smallest absolute Gasteiger partial charge is 0.324 e. The zero-order chi connectivity index (χ0) is 18.6. The van der Waals surface area contributed by atoms with Gasteiger partial charge in [-0.3, -0.25) is 4.90 Å². The van der Waals surface area contributed by atoms with E-state index < -0.39 is 0 Å². The van der Waals surface area contributed by atoms with Crippen LogP contribution in [0.5, 0.6) is 0 Å². The zero-order valence-corrected chi connectivity index (χ0v) is 16.6. The van der Waals surface area contributed by atoms with Crippen molar-refractivity contribution in [3.8, 4) is 0 Å². The quantitative estimate of drug-likeness (QED) is 0.729. The molecular weight excluding hydrogens is 374 g/mol. The number of carbonyl (C=O) groups excluding carboxylic acids is 1. The first kappa shape index (κ1) is 19.8. The summed E-state index contributed by atoms with van der Waals surface area (Å²) >= 11 is 0. The van der Waals surface area contributed by atoms with E-state index in [0.29, 0.717) is 13.1 Å². The molecule has 0 radical (unpaired) electrons. The number of nitrogens with one attached hydrogen (secondary N) is 1. The highest BCUT2D eigenvalue weighted by Crippen LogP contribution is 2.27. The highest BCUT2D eigenvalue weighted by atomic mass is 35.5. The van der Waals surface area contributed by atoms with Gasteiger partial charge in [0.2, 0.25) is 0 Å². The first-order valence-corrected chi connectivity index (χ1v) is 9.10.